The Morgan fingerprint density at radius 2 is 1.82 bits per heavy atom. The zero-order chi connectivity index (χ0) is 13.2. The first kappa shape index (κ1) is 14.2. The summed E-state index contributed by atoms with van der Waals surface area (Å²) in [6.07, 6.45) is -4.37. The second-order valence-corrected chi connectivity index (χ2v) is 4.23. The highest BCUT2D eigenvalue weighted by molar-refractivity contribution is 6.32. The molecule has 0 aliphatic rings. The summed E-state index contributed by atoms with van der Waals surface area (Å²) in [4.78, 5) is 4.63. The lowest BCUT2D eigenvalue weighted by molar-refractivity contribution is -0.120. The van der Waals surface area contributed by atoms with Crippen LogP contribution in [0, 0.1) is 0 Å². The summed E-state index contributed by atoms with van der Waals surface area (Å²) in [5.41, 5.74) is 0. The summed E-state index contributed by atoms with van der Waals surface area (Å²) in [6.45, 7) is 1.98. The highest BCUT2D eigenvalue weighted by Gasteiger charge is 2.33. The molecule has 0 amide bonds. The smallest absolute Gasteiger partial charge is 0.342 e. The summed E-state index contributed by atoms with van der Waals surface area (Å²) < 4.78 is 37.2. The van der Waals surface area contributed by atoms with Crippen LogP contribution in [0.15, 0.2) is 0 Å². The van der Waals surface area contributed by atoms with Crippen molar-refractivity contribution in [1.29, 1.82) is 0 Å². The number of alkyl halides is 3. The molecule has 1 rings (SSSR count). The van der Waals surface area contributed by atoms with Gasteiger partial charge >= 0.3 is 6.18 Å². The van der Waals surface area contributed by atoms with E-state index in [-0.39, 0.29) is 16.3 Å². The van der Waals surface area contributed by atoms with Gasteiger partial charge in [0.25, 0.3) is 0 Å². The van der Waals surface area contributed by atoms with Gasteiger partial charge in [0.05, 0.1) is 0 Å². The second-order valence-electron chi connectivity index (χ2n) is 3.53. The van der Waals surface area contributed by atoms with E-state index >= 15 is 0 Å². The summed E-state index contributed by atoms with van der Waals surface area (Å²) in [7, 11) is 0. The predicted molar refractivity (Wildman–Crippen MR) is 58.4 cm³/mol. The zero-order valence-electron chi connectivity index (χ0n) is 8.96. The van der Waals surface area contributed by atoms with E-state index in [1.165, 1.54) is 0 Å². The third kappa shape index (κ3) is 4.16. The first-order valence-electron chi connectivity index (χ1n) is 4.60. The highest BCUT2D eigenvalue weighted by Crippen LogP contribution is 2.27. The average molecular weight is 289 g/mol. The largest absolute Gasteiger partial charge is 0.405 e. The molecule has 0 radical (unpaired) electrons. The zero-order valence-corrected chi connectivity index (χ0v) is 10.5. The van der Waals surface area contributed by atoms with Gasteiger partial charge < -0.3 is 4.90 Å². The van der Waals surface area contributed by atoms with Crippen LogP contribution in [0.3, 0.4) is 0 Å². The van der Waals surface area contributed by atoms with Crippen molar-refractivity contribution in [3.63, 3.8) is 0 Å². The maximum absolute atomic E-state index is 12.4. The molecular formula is C8H9Cl2F3N4. The Balaban J connectivity index is 3.10. The molecule has 9 heteroatoms. The molecule has 0 aliphatic carbocycles. The molecule has 0 saturated heterocycles. The van der Waals surface area contributed by atoms with Crippen LogP contribution in [0.1, 0.15) is 13.8 Å². The van der Waals surface area contributed by atoms with Gasteiger partial charge in [-0.1, -0.05) is 11.6 Å². The second kappa shape index (κ2) is 5.22. The maximum Gasteiger partial charge on any atom is 0.405 e. The molecule has 1 aromatic heterocycles. The van der Waals surface area contributed by atoms with Gasteiger partial charge in [0, 0.05) is 6.04 Å². The van der Waals surface area contributed by atoms with Gasteiger partial charge in [-0.2, -0.15) is 18.2 Å². The minimum absolute atomic E-state index is 0.126. The number of hydrogen-bond acceptors (Lipinski definition) is 4. The lowest BCUT2D eigenvalue weighted by Gasteiger charge is -2.28. The SMILES string of the molecule is CC(C)N(CC(F)(F)F)c1nc(Cl)nnc1Cl. The molecule has 1 heterocycles. The molecule has 0 aliphatic heterocycles. The summed E-state index contributed by atoms with van der Waals surface area (Å²) in [5, 5.41) is 6.30. The molecule has 1 aromatic rings. The number of rotatable bonds is 3. The first-order chi connectivity index (χ1) is 7.70. The first-order valence-corrected chi connectivity index (χ1v) is 5.35. The number of nitrogens with zero attached hydrogens (tertiary/aromatic N) is 4. The summed E-state index contributed by atoms with van der Waals surface area (Å²) >= 11 is 11.1. The monoisotopic (exact) mass is 288 g/mol. The summed E-state index contributed by atoms with van der Waals surface area (Å²) in [6, 6.07) is -0.457. The van der Waals surface area contributed by atoms with Crippen LogP contribution in [-0.4, -0.2) is 33.9 Å². The average Bonchev–Trinajstić information content (AvgIpc) is 2.17. The van der Waals surface area contributed by atoms with Crippen molar-refractivity contribution < 1.29 is 13.2 Å². The molecule has 17 heavy (non-hydrogen) atoms. The Kier molecular flexibility index (Phi) is 4.37. The van der Waals surface area contributed by atoms with Gasteiger partial charge in [-0.25, -0.2) is 0 Å². The standard InChI is InChI=1S/C8H9Cl2F3N4/c1-4(2)17(3-8(11,12)13)6-5(9)15-16-7(10)14-6/h4H,3H2,1-2H3. The van der Waals surface area contributed by atoms with Gasteiger partial charge in [-0.15, -0.1) is 10.2 Å². The van der Waals surface area contributed by atoms with Crippen LogP contribution in [-0.2, 0) is 0 Å². The number of hydrogen-bond donors (Lipinski definition) is 0. The van der Waals surface area contributed by atoms with Crippen LogP contribution in [0.25, 0.3) is 0 Å². The molecule has 0 N–H and O–H groups in total. The van der Waals surface area contributed by atoms with Gasteiger partial charge in [0.1, 0.15) is 6.54 Å². The molecule has 96 valence electrons. The topological polar surface area (TPSA) is 41.9 Å². The molecular weight excluding hydrogens is 280 g/mol. The maximum atomic E-state index is 12.4. The van der Waals surface area contributed by atoms with Crippen molar-refractivity contribution in [3.8, 4) is 0 Å². The van der Waals surface area contributed by atoms with Crippen molar-refractivity contribution in [3.05, 3.63) is 10.4 Å². The lowest BCUT2D eigenvalue weighted by atomic mass is 10.3. The van der Waals surface area contributed by atoms with E-state index in [9.17, 15) is 13.2 Å². The normalized spacial score (nSPS) is 12.0. The molecule has 0 saturated carbocycles. The molecule has 0 spiro atoms. The van der Waals surface area contributed by atoms with Crippen molar-refractivity contribution in [2.24, 2.45) is 0 Å². The minimum Gasteiger partial charge on any atom is -0.342 e. The Morgan fingerprint density at radius 1 is 1.24 bits per heavy atom. The quantitative estimate of drug-likeness (QED) is 0.858. The van der Waals surface area contributed by atoms with E-state index in [0.717, 1.165) is 4.90 Å². The molecule has 0 bridgehead atoms. The molecule has 0 fully saturated rings. The molecule has 0 aromatic carbocycles. The number of halogens is 5. The predicted octanol–water partition coefficient (Wildman–Crippen LogP) is 2.96. The van der Waals surface area contributed by atoms with Crippen molar-refractivity contribution >= 4 is 29.0 Å². The Morgan fingerprint density at radius 3 is 2.29 bits per heavy atom. The summed E-state index contributed by atoms with van der Waals surface area (Å²) in [5.74, 6) is -0.126. The van der Waals surface area contributed by atoms with Crippen LogP contribution >= 0.6 is 23.2 Å². The fourth-order valence-electron chi connectivity index (χ4n) is 1.16. The van der Waals surface area contributed by atoms with Crippen LogP contribution in [0.5, 0.6) is 0 Å². The fraction of sp³-hybridized carbons (Fsp3) is 0.625. The van der Waals surface area contributed by atoms with E-state index in [0.29, 0.717) is 0 Å². The van der Waals surface area contributed by atoms with Crippen molar-refractivity contribution in [2.75, 3.05) is 11.4 Å². The Bertz CT molecular complexity index is 397. The van der Waals surface area contributed by atoms with Crippen LogP contribution < -0.4 is 4.90 Å². The van der Waals surface area contributed by atoms with Gasteiger partial charge in [-0.3, -0.25) is 0 Å². The van der Waals surface area contributed by atoms with Gasteiger partial charge in [0.15, 0.2) is 11.0 Å². The third-order valence-electron chi connectivity index (χ3n) is 1.85. The minimum atomic E-state index is -4.37. The van der Waals surface area contributed by atoms with E-state index in [2.05, 4.69) is 15.2 Å². The van der Waals surface area contributed by atoms with E-state index in [4.69, 9.17) is 23.2 Å². The van der Waals surface area contributed by atoms with Gasteiger partial charge in [-0.05, 0) is 25.4 Å². The van der Waals surface area contributed by atoms with E-state index in [1.807, 2.05) is 0 Å². The number of anilines is 1. The molecule has 0 unspecified atom stereocenters. The number of aromatic nitrogens is 3. The Labute approximate surface area is 106 Å². The third-order valence-corrected chi connectivity index (χ3v) is 2.25. The highest BCUT2D eigenvalue weighted by atomic mass is 35.5. The Hall–Kier alpha value is -0.820. The fourth-order valence-corrected chi connectivity index (χ4v) is 1.47. The van der Waals surface area contributed by atoms with E-state index in [1.54, 1.807) is 13.8 Å². The van der Waals surface area contributed by atoms with E-state index < -0.39 is 18.8 Å². The van der Waals surface area contributed by atoms with Crippen LogP contribution in [0.2, 0.25) is 10.4 Å². The van der Waals surface area contributed by atoms with Crippen molar-refractivity contribution in [1.82, 2.24) is 15.2 Å². The van der Waals surface area contributed by atoms with Crippen molar-refractivity contribution in [2.45, 2.75) is 26.1 Å². The molecule has 4 nitrogen and oxygen atoms in total. The van der Waals surface area contributed by atoms with Crippen LogP contribution in [0.4, 0.5) is 19.0 Å². The molecule has 0 atom stereocenters. The lowest BCUT2D eigenvalue weighted by Crippen LogP contribution is -2.40. The van der Waals surface area contributed by atoms with Gasteiger partial charge in [0.2, 0.25) is 5.28 Å².